The Balaban J connectivity index is 1.88. The fraction of sp³-hybridized carbons (Fsp3) is 0.350. The lowest BCUT2D eigenvalue weighted by Gasteiger charge is -2.06. The number of unbranched alkanes of at least 4 members (excludes halogenated alkanes) is 2. The standard InChI is InChI=1S/C20H26N6/c1-5-7-8-12-26-18-11-10-15(13-16(18)14(3)25-26)22-20-19(21-4)17(9-6-2)23-24-20/h6,9-11,13H,4-5,7-8,12H2,1-3H3,(H2,22,23,24)/b9-6-. The van der Waals surface area contributed by atoms with Crippen molar-refractivity contribution >= 4 is 40.9 Å². The highest BCUT2D eigenvalue weighted by molar-refractivity contribution is 5.87. The second-order valence-corrected chi connectivity index (χ2v) is 6.37. The van der Waals surface area contributed by atoms with Crippen LogP contribution in [0.5, 0.6) is 0 Å². The second-order valence-electron chi connectivity index (χ2n) is 6.37. The van der Waals surface area contributed by atoms with E-state index in [-0.39, 0.29) is 0 Å². The predicted molar refractivity (Wildman–Crippen MR) is 110 cm³/mol. The molecule has 0 unspecified atom stereocenters. The maximum Gasteiger partial charge on any atom is 0.178 e. The summed E-state index contributed by atoms with van der Waals surface area (Å²) in [4.78, 5) is 4.10. The summed E-state index contributed by atoms with van der Waals surface area (Å²) in [5, 5.41) is 16.5. The van der Waals surface area contributed by atoms with Gasteiger partial charge in [-0.1, -0.05) is 25.8 Å². The largest absolute Gasteiger partial charge is 0.337 e. The summed E-state index contributed by atoms with van der Waals surface area (Å²) in [6.07, 6.45) is 7.46. The van der Waals surface area contributed by atoms with Crippen LogP contribution in [0, 0.1) is 6.92 Å². The first kappa shape index (κ1) is 17.9. The zero-order chi connectivity index (χ0) is 18.5. The van der Waals surface area contributed by atoms with Crippen LogP contribution < -0.4 is 5.32 Å². The predicted octanol–water partition coefficient (Wildman–Crippen LogP) is 5.37. The number of aryl methyl sites for hydroxylation is 2. The zero-order valence-corrected chi connectivity index (χ0v) is 15.7. The van der Waals surface area contributed by atoms with Gasteiger partial charge in [-0.2, -0.15) is 10.2 Å². The lowest BCUT2D eigenvalue weighted by atomic mass is 10.2. The van der Waals surface area contributed by atoms with Gasteiger partial charge in [0.15, 0.2) is 5.82 Å². The summed E-state index contributed by atoms with van der Waals surface area (Å²) >= 11 is 0. The van der Waals surface area contributed by atoms with Gasteiger partial charge in [-0.15, -0.1) is 0 Å². The summed E-state index contributed by atoms with van der Waals surface area (Å²) in [5.74, 6) is 0.667. The van der Waals surface area contributed by atoms with E-state index in [1.807, 2.05) is 19.1 Å². The highest BCUT2D eigenvalue weighted by Gasteiger charge is 2.12. The first-order chi connectivity index (χ1) is 12.7. The molecule has 1 aromatic carbocycles. The van der Waals surface area contributed by atoms with E-state index in [0.717, 1.165) is 41.1 Å². The number of hydrogen-bond donors (Lipinski definition) is 2. The number of aliphatic imine (C=N–C) groups is 1. The van der Waals surface area contributed by atoms with Crippen LogP contribution in [0.15, 0.2) is 29.3 Å². The monoisotopic (exact) mass is 350 g/mol. The average Bonchev–Trinajstić information content (AvgIpc) is 3.16. The molecule has 6 heteroatoms. The van der Waals surface area contributed by atoms with Crippen LogP contribution in [0.3, 0.4) is 0 Å². The number of rotatable bonds is 8. The van der Waals surface area contributed by atoms with Crippen molar-refractivity contribution in [1.29, 1.82) is 0 Å². The van der Waals surface area contributed by atoms with Crippen molar-refractivity contribution in [3.8, 4) is 0 Å². The van der Waals surface area contributed by atoms with Crippen molar-refractivity contribution in [3.63, 3.8) is 0 Å². The number of aromatic amines is 1. The molecule has 0 radical (unpaired) electrons. The molecule has 0 fully saturated rings. The minimum Gasteiger partial charge on any atom is -0.337 e. The average molecular weight is 350 g/mol. The number of H-pyrrole nitrogens is 1. The fourth-order valence-corrected chi connectivity index (χ4v) is 3.12. The van der Waals surface area contributed by atoms with Crippen molar-refractivity contribution in [2.75, 3.05) is 5.32 Å². The van der Waals surface area contributed by atoms with Crippen LogP contribution in [-0.2, 0) is 6.54 Å². The van der Waals surface area contributed by atoms with Gasteiger partial charge in [-0.25, -0.2) is 0 Å². The molecular weight excluding hydrogens is 324 g/mol. The van der Waals surface area contributed by atoms with Gasteiger partial charge in [0.25, 0.3) is 0 Å². The molecule has 2 heterocycles. The van der Waals surface area contributed by atoms with Crippen molar-refractivity contribution in [1.82, 2.24) is 20.0 Å². The first-order valence-electron chi connectivity index (χ1n) is 9.09. The quantitative estimate of drug-likeness (QED) is 0.424. The number of aromatic nitrogens is 4. The van der Waals surface area contributed by atoms with Gasteiger partial charge < -0.3 is 5.32 Å². The molecule has 2 N–H and O–H groups in total. The van der Waals surface area contributed by atoms with E-state index in [4.69, 9.17) is 5.10 Å². The van der Waals surface area contributed by atoms with Crippen LogP contribution in [0.4, 0.5) is 17.2 Å². The molecular formula is C20H26N6. The van der Waals surface area contributed by atoms with Gasteiger partial charge in [0.2, 0.25) is 0 Å². The Kier molecular flexibility index (Phi) is 5.51. The molecule has 0 bridgehead atoms. The van der Waals surface area contributed by atoms with Gasteiger partial charge in [0.1, 0.15) is 5.69 Å². The van der Waals surface area contributed by atoms with Gasteiger partial charge in [-0.3, -0.25) is 14.8 Å². The topological polar surface area (TPSA) is 70.9 Å². The number of anilines is 2. The van der Waals surface area contributed by atoms with Crippen LogP contribution in [0.1, 0.15) is 44.5 Å². The Hall–Kier alpha value is -2.89. The molecule has 26 heavy (non-hydrogen) atoms. The lowest BCUT2D eigenvalue weighted by Crippen LogP contribution is -2.00. The Morgan fingerprint density at radius 2 is 2.19 bits per heavy atom. The molecule has 2 aromatic heterocycles. The number of nitrogens with zero attached hydrogens (tertiary/aromatic N) is 4. The fourth-order valence-electron chi connectivity index (χ4n) is 3.12. The first-order valence-corrected chi connectivity index (χ1v) is 9.09. The van der Waals surface area contributed by atoms with E-state index < -0.39 is 0 Å². The van der Waals surface area contributed by atoms with E-state index in [9.17, 15) is 0 Å². The van der Waals surface area contributed by atoms with E-state index in [0.29, 0.717) is 5.82 Å². The van der Waals surface area contributed by atoms with Gasteiger partial charge in [0.05, 0.1) is 16.9 Å². The van der Waals surface area contributed by atoms with Crippen molar-refractivity contribution < 1.29 is 0 Å². The van der Waals surface area contributed by atoms with E-state index in [1.165, 1.54) is 18.4 Å². The molecule has 0 saturated carbocycles. The smallest absolute Gasteiger partial charge is 0.178 e. The van der Waals surface area contributed by atoms with Gasteiger partial charge >= 0.3 is 0 Å². The Labute approximate surface area is 154 Å². The minimum atomic E-state index is 0.667. The molecule has 0 saturated heterocycles. The van der Waals surface area contributed by atoms with Crippen LogP contribution in [0.25, 0.3) is 17.0 Å². The summed E-state index contributed by atoms with van der Waals surface area (Å²) in [5.41, 5.74) is 4.72. The molecule has 0 aliphatic heterocycles. The van der Waals surface area contributed by atoms with Crippen molar-refractivity contribution in [2.24, 2.45) is 4.99 Å². The van der Waals surface area contributed by atoms with Crippen LogP contribution in [0.2, 0.25) is 0 Å². The Morgan fingerprint density at radius 1 is 1.35 bits per heavy atom. The summed E-state index contributed by atoms with van der Waals surface area (Å²) in [6, 6.07) is 6.28. The van der Waals surface area contributed by atoms with E-state index in [2.05, 4.69) is 64.0 Å². The Morgan fingerprint density at radius 3 is 2.92 bits per heavy atom. The number of fused-ring (bicyclic) bond motifs is 1. The van der Waals surface area contributed by atoms with Gasteiger partial charge in [-0.05, 0) is 51.3 Å². The summed E-state index contributed by atoms with van der Waals surface area (Å²) in [6.45, 7) is 10.8. The van der Waals surface area contributed by atoms with E-state index >= 15 is 0 Å². The van der Waals surface area contributed by atoms with Crippen LogP contribution in [-0.4, -0.2) is 26.7 Å². The summed E-state index contributed by atoms with van der Waals surface area (Å²) in [7, 11) is 0. The number of nitrogens with one attached hydrogen (secondary N) is 2. The molecule has 0 aliphatic carbocycles. The third-order valence-electron chi connectivity index (χ3n) is 4.43. The number of hydrogen-bond acceptors (Lipinski definition) is 4. The molecule has 0 spiro atoms. The molecule has 0 atom stereocenters. The lowest BCUT2D eigenvalue weighted by molar-refractivity contribution is 0.564. The molecule has 0 amide bonds. The normalized spacial score (nSPS) is 11.5. The third kappa shape index (κ3) is 3.54. The molecule has 3 rings (SSSR count). The second kappa shape index (κ2) is 7.99. The molecule has 3 aromatic rings. The highest BCUT2D eigenvalue weighted by Crippen LogP contribution is 2.31. The minimum absolute atomic E-state index is 0.667. The third-order valence-corrected chi connectivity index (χ3v) is 4.43. The van der Waals surface area contributed by atoms with Crippen molar-refractivity contribution in [2.45, 2.75) is 46.6 Å². The van der Waals surface area contributed by atoms with Crippen molar-refractivity contribution in [3.05, 3.63) is 35.7 Å². The number of benzene rings is 1. The highest BCUT2D eigenvalue weighted by atomic mass is 15.3. The SMILES string of the molecule is C=Nc1c(Nc2ccc3c(c2)c(C)nn3CCCCC)n[nH]c1/C=C\C. The number of allylic oxidation sites excluding steroid dienone is 1. The molecule has 6 nitrogen and oxygen atoms in total. The van der Waals surface area contributed by atoms with Gasteiger partial charge in [0, 0.05) is 17.6 Å². The van der Waals surface area contributed by atoms with Crippen LogP contribution >= 0.6 is 0 Å². The molecule has 136 valence electrons. The summed E-state index contributed by atoms with van der Waals surface area (Å²) < 4.78 is 2.11. The Bertz CT molecular complexity index is 931. The zero-order valence-electron chi connectivity index (χ0n) is 15.7. The maximum atomic E-state index is 4.70. The van der Waals surface area contributed by atoms with E-state index in [1.54, 1.807) is 0 Å². The molecule has 0 aliphatic rings. The maximum absolute atomic E-state index is 4.70.